The van der Waals surface area contributed by atoms with Gasteiger partial charge in [0.1, 0.15) is 0 Å². The monoisotopic (exact) mass is 266 g/mol. The van der Waals surface area contributed by atoms with Gasteiger partial charge in [0.05, 0.1) is 16.7 Å². The highest BCUT2D eigenvalue weighted by Gasteiger charge is 2.15. The summed E-state index contributed by atoms with van der Waals surface area (Å²) in [6.07, 6.45) is 5.05. The first-order chi connectivity index (χ1) is 9.54. The SMILES string of the molecule is C#Cc1c(C(=O)O)cccc1C(=O)O.c1cc2cc-2c1. The smallest absolute Gasteiger partial charge is 0.336 e. The molecule has 1 aromatic rings. The van der Waals surface area contributed by atoms with Crippen molar-refractivity contribution in [3.8, 4) is 23.5 Å². The summed E-state index contributed by atoms with van der Waals surface area (Å²) >= 11 is 0. The van der Waals surface area contributed by atoms with Crippen molar-refractivity contribution in [2.24, 2.45) is 0 Å². The van der Waals surface area contributed by atoms with Crippen molar-refractivity contribution in [1.82, 2.24) is 0 Å². The predicted octanol–water partition coefficient (Wildman–Crippen LogP) is 2.73. The molecular formula is C16H10O4. The molecule has 0 saturated carbocycles. The molecule has 0 radical (unpaired) electrons. The highest BCUT2D eigenvalue weighted by molar-refractivity contribution is 5.98. The van der Waals surface area contributed by atoms with Crippen molar-refractivity contribution >= 4 is 11.9 Å². The summed E-state index contributed by atoms with van der Waals surface area (Å²) in [5.41, 5.74) is 2.40. The second kappa shape index (κ2) is 5.29. The molecule has 0 spiro atoms. The molecule has 4 heteroatoms. The Hall–Kier alpha value is -3.06. The summed E-state index contributed by atoms with van der Waals surface area (Å²) < 4.78 is 0. The second-order valence-corrected chi connectivity index (χ2v) is 4.06. The van der Waals surface area contributed by atoms with Crippen LogP contribution in [0.25, 0.3) is 11.1 Å². The van der Waals surface area contributed by atoms with E-state index in [1.165, 1.54) is 29.3 Å². The Labute approximate surface area is 115 Å². The van der Waals surface area contributed by atoms with E-state index in [4.69, 9.17) is 16.6 Å². The molecule has 98 valence electrons. The van der Waals surface area contributed by atoms with Crippen molar-refractivity contribution in [2.45, 2.75) is 0 Å². The van der Waals surface area contributed by atoms with Gasteiger partial charge in [-0.1, -0.05) is 30.2 Å². The van der Waals surface area contributed by atoms with E-state index >= 15 is 0 Å². The van der Waals surface area contributed by atoms with Crippen LogP contribution >= 0.6 is 0 Å². The number of rotatable bonds is 2. The first-order valence-corrected chi connectivity index (χ1v) is 5.71. The first-order valence-electron chi connectivity index (χ1n) is 5.71. The Bertz CT molecular complexity index is 689. The van der Waals surface area contributed by atoms with Crippen LogP contribution in [0.4, 0.5) is 0 Å². The number of hydrogen-bond acceptors (Lipinski definition) is 2. The van der Waals surface area contributed by atoms with Gasteiger partial charge < -0.3 is 10.2 Å². The van der Waals surface area contributed by atoms with Gasteiger partial charge >= 0.3 is 11.9 Å². The number of carboxylic acids is 2. The van der Waals surface area contributed by atoms with Gasteiger partial charge in [0, 0.05) is 0 Å². The molecule has 0 atom stereocenters. The van der Waals surface area contributed by atoms with Gasteiger partial charge in [-0.2, -0.15) is 0 Å². The van der Waals surface area contributed by atoms with E-state index in [0.29, 0.717) is 0 Å². The van der Waals surface area contributed by atoms with Gasteiger partial charge in [-0.05, 0) is 29.3 Å². The average molecular weight is 266 g/mol. The van der Waals surface area contributed by atoms with E-state index in [0.717, 1.165) is 0 Å². The highest BCUT2D eigenvalue weighted by Crippen LogP contribution is 2.32. The molecule has 0 bridgehead atoms. The molecule has 0 amide bonds. The fourth-order valence-corrected chi connectivity index (χ4v) is 1.74. The minimum absolute atomic E-state index is 0.104. The molecule has 0 fully saturated rings. The largest absolute Gasteiger partial charge is 0.478 e. The third kappa shape index (κ3) is 2.68. The molecule has 2 aliphatic rings. The van der Waals surface area contributed by atoms with Gasteiger partial charge in [0.2, 0.25) is 0 Å². The molecule has 0 saturated heterocycles. The number of carbonyl (C=O) groups is 2. The summed E-state index contributed by atoms with van der Waals surface area (Å²) in [6, 6.07) is 12.4. The maximum atomic E-state index is 10.7. The van der Waals surface area contributed by atoms with Crippen LogP contribution in [0.1, 0.15) is 26.3 Å². The summed E-state index contributed by atoms with van der Waals surface area (Å²) in [5.74, 6) is -0.405. The molecule has 4 nitrogen and oxygen atoms in total. The van der Waals surface area contributed by atoms with E-state index in [1.807, 2.05) is 0 Å². The second-order valence-electron chi connectivity index (χ2n) is 4.06. The molecule has 0 unspecified atom stereocenters. The summed E-state index contributed by atoms with van der Waals surface area (Å²) in [6.45, 7) is 0. The van der Waals surface area contributed by atoms with Gasteiger partial charge in [-0.15, -0.1) is 6.42 Å². The van der Waals surface area contributed by atoms with Gasteiger partial charge in [0.25, 0.3) is 0 Å². The zero-order valence-corrected chi connectivity index (χ0v) is 10.3. The lowest BCUT2D eigenvalue weighted by Gasteiger charge is -2.02. The fourth-order valence-electron chi connectivity index (χ4n) is 1.74. The quantitative estimate of drug-likeness (QED) is 0.699. The third-order valence-corrected chi connectivity index (χ3v) is 2.78. The minimum atomic E-state index is -1.24. The Morgan fingerprint density at radius 1 is 0.900 bits per heavy atom. The number of fused-ring (bicyclic) bond motifs is 1. The molecule has 0 aromatic heterocycles. The van der Waals surface area contributed by atoms with Crippen molar-refractivity contribution in [1.29, 1.82) is 0 Å². The Balaban J connectivity index is 0.000000198. The number of terminal acetylenes is 1. The molecule has 3 rings (SSSR count). The number of carboxylic acid groups (broad SMARTS) is 2. The maximum absolute atomic E-state index is 10.7. The van der Waals surface area contributed by atoms with Crippen molar-refractivity contribution in [2.75, 3.05) is 0 Å². The highest BCUT2D eigenvalue weighted by atomic mass is 16.4. The van der Waals surface area contributed by atoms with E-state index in [9.17, 15) is 9.59 Å². The maximum Gasteiger partial charge on any atom is 0.336 e. The van der Waals surface area contributed by atoms with Crippen molar-refractivity contribution in [3.63, 3.8) is 0 Å². The van der Waals surface area contributed by atoms with Crippen LogP contribution in [0.5, 0.6) is 0 Å². The lowest BCUT2D eigenvalue weighted by atomic mass is 10.0. The van der Waals surface area contributed by atoms with Crippen molar-refractivity contribution in [3.05, 3.63) is 59.2 Å². The van der Waals surface area contributed by atoms with Crippen LogP contribution in [-0.2, 0) is 0 Å². The Morgan fingerprint density at radius 3 is 1.60 bits per heavy atom. The third-order valence-electron chi connectivity index (χ3n) is 2.78. The normalized spacial score (nSPS) is 9.75. The molecular weight excluding hydrogens is 256 g/mol. The fraction of sp³-hybridized carbons (Fsp3) is 0. The zero-order chi connectivity index (χ0) is 14.7. The van der Waals surface area contributed by atoms with E-state index < -0.39 is 11.9 Å². The van der Waals surface area contributed by atoms with Crippen LogP contribution in [-0.4, -0.2) is 22.2 Å². The van der Waals surface area contributed by atoms with Gasteiger partial charge in [-0.25, -0.2) is 9.59 Å². The zero-order valence-electron chi connectivity index (χ0n) is 10.3. The Morgan fingerprint density at radius 2 is 1.35 bits per heavy atom. The molecule has 2 N–H and O–H groups in total. The average Bonchev–Trinajstić information content (AvgIpc) is 3.04. The number of aromatic carboxylic acids is 2. The van der Waals surface area contributed by atoms with Crippen LogP contribution in [0.3, 0.4) is 0 Å². The van der Waals surface area contributed by atoms with Crippen LogP contribution < -0.4 is 0 Å². The lowest BCUT2D eigenvalue weighted by molar-refractivity contribution is 0.0696. The van der Waals surface area contributed by atoms with Crippen LogP contribution in [0.15, 0.2) is 42.5 Å². The van der Waals surface area contributed by atoms with E-state index in [1.54, 1.807) is 0 Å². The van der Waals surface area contributed by atoms with Crippen LogP contribution in [0.2, 0.25) is 0 Å². The molecule has 0 aliphatic heterocycles. The molecule has 1 aromatic carbocycles. The standard InChI is InChI=1S/C10H6O4.C6H4/c1-2-6-7(9(11)12)4-3-5-8(6)10(13)14;1-2-5-4-6(5)3-1/h1,3-5H,(H,11,12)(H,13,14);1-4H. The van der Waals surface area contributed by atoms with Gasteiger partial charge in [0.15, 0.2) is 0 Å². The van der Waals surface area contributed by atoms with E-state index in [-0.39, 0.29) is 16.7 Å². The first kappa shape index (κ1) is 13.4. The molecule has 0 heterocycles. The molecule has 2 aliphatic carbocycles. The number of benzene rings is 2. The summed E-state index contributed by atoms with van der Waals surface area (Å²) in [4.78, 5) is 21.3. The van der Waals surface area contributed by atoms with Crippen LogP contribution in [0, 0.1) is 12.3 Å². The number of hydrogen-bond donors (Lipinski definition) is 2. The predicted molar refractivity (Wildman–Crippen MR) is 73.7 cm³/mol. The minimum Gasteiger partial charge on any atom is -0.478 e. The lowest BCUT2D eigenvalue weighted by Crippen LogP contribution is -2.07. The summed E-state index contributed by atoms with van der Waals surface area (Å²) in [5, 5.41) is 17.4. The van der Waals surface area contributed by atoms with Crippen molar-refractivity contribution < 1.29 is 19.8 Å². The summed E-state index contributed by atoms with van der Waals surface area (Å²) in [7, 11) is 0. The van der Waals surface area contributed by atoms with Gasteiger partial charge in [-0.3, -0.25) is 0 Å². The Kier molecular flexibility index (Phi) is 3.54. The topological polar surface area (TPSA) is 74.6 Å². The molecule has 20 heavy (non-hydrogen) atoms. The van der Waals surface area contributed by atoms with E-state index in [2.05, 4.69) is 30.2 Å².